The smallest absolute Gasteiger partial charge is 0.343 e. The summed E-state index contributed by atoms with van der Waals surface area (Å²) in [6.45, 7) is 3.95. The number of hydrogen-bond donors (Lipinski definition) is 1. The standard InChI is InChI=1S/C10H20F2N.K/c1-2-3-9-13-10(6-8-12)5-4-7-11;/h10,13H,1-9H2;/q-1;+1. The molecule has 4 heteroatoms. The van der Waals surface area contributed by atoms with Crippen molar-refractivity contribution in [3.05, 3.63) is 6.92 Å². The molecule has 1 N–H and O–H groups in total. The molecule has 0 rings (SSSR count). The molecule has 0 aliphatic rings. The van der Waals surface area contributed by atoms with Crippen LogP contribution in [0, 0.1) is 6.92 Å². The normalized spacial score (nSPS) is 12.2. The molecule has 1 atom stereocenters. The van der Waals surface area contributed by atoms with Gasteiger partial charge in [0, 0.05) is 6.04 Å². The largest absolute Gasteiger partial charge is 1.00 e. The van der Waals surface area contributed by atoms with E-state index >= 15 is 0 Å². The number of unbranched alkanes of at least 4 members (excludes halogenated alkanes) is 1. The van der Waals surface area contributed by atoms with Crippen LogP contribution in [0.1, 0.15) is 32.1 Å². The summed E-state index contributed by atoms with van der Waals surface area (Å²) in [4.78, 5) is 0. The molecule has 0 aromatic rings. The first kappa shape index (κ1) is 17.8. The Kier molecular flexibility index (Phi) is 18.4. The van der Waals surface area contributed by atoms with E-state index in [1.807, 2.05) is 0 Å². The Hall–Kier alpha value is 1.46. The predicted octanol–water partition coefficient (Wildman–Crippen LogP) is -0.328. The monoisotopic (exact) mass is 231 g/mol. The second-order valence-corrected chi connectivity index (χ2v) is 3.17. The Morgan fingerprint density at radius 3 is 2.29 bits per heavy atom. The Morgan fingerprint density at radius 2 is 1.79 bits per heavy atom. The molecule has 0 radical (unpaired) electrons. The number of rotatable bonds is 9. The van der Waals surface area contributed by atoms with E-state index in [-0.39, 0.29) is 70.8 Å². The van der Waals surface area contributed by atoms with Crippen LogP contribution in [0.2, 0.25) is 0 Å². The fraction of sp³-hybridized carbons (Fsp3) is 0.900. The molecule has 0 aliphatic heterocycles. The van der Waals surface area contributed by atoms with Crippen molar-refractivity contribution in [2.24, 2.45) is 0 Å². The van der Waals surface area contributed by atoms with Gasteiger partial charge in [-0.2, -0.15) is 6.42 Å². The van der Waals surface area contributed by atoms with Gasteiger partial charge in [0.1, 0.15) is 0 Å². The zero-order chi connectivity index (χ0) is 9.94. The summed E-state index contributed by atoms with van der Waals surface area (Å²) in [5, 5.41) is 3.21. The van der Waals surface area contributed by atoms with Crippen molar-refractivity contribution in [1.29, 1.82) is 0 Å². The number of hydrogen-bond acceptors (Lipinski definition) is 1. The maximum absolute atomic E-state index is 12.0. The van der Waals surface area contributed by atoms with Gasteiger partial charge >= 0.3 is 51.4 Å². The Labute approximate surface area is 129 Å². The van der Waals surface area contributed by atoms with Crippen molar-refractivity contribution >= 4 is 0 Å². The first-order valence-corrected chi connectivity index (χ1v) is 4.99. The molecule has 0 fully saturated rings. The molecule has 0 heterocycles. The molecule has 0 amide bonds. The molecule has 0 aromatic carbocycles. The molecule has 0 aliphatic carbocycles. The van der Waals surface area contributed by atoms with Crippen molar-refractivity contribution in [1.82, 2.24) is 5.32 Å². The van der Waals surface area contributed by atoms with Crippen LogP contribution in [0.15, 0.2) is 0 Å². The van der Waals surface area contributed by atoms with E-state index in [4.69, 9.17) is 0 Å². The number of nitrogens with one attached hydrogen (secondary N) is 1. The average molecular weight is 231 g/mol. The predicted molar refractivity (Wildman–Crippen MR) is 52.2 cm³/mol. The summed E-state index contributed by atoms with van der Waals surface area (Å²) in [7, 11) is 0. The third-order valence-corrected chi connectivity index (χ3v) is 2.00. The molecule has 14 heavy (non-hydrogen) atoms. The summed E-state index contributed by atoms with van der Waals surface area (Å²) < 4.78 is 23.9. The third kappa shape index (κ3) is 11.5. The molecular weight excluding hydrogens is 211 g/mol. The van der Waals surface area contributed by atoms with Crippen molar-refractivity contribution in [3.8, 4) is 0 Å². The summed E-state index contributed by atoms with van der Waals surface area (Å²) in [5.41, 5.74) is 0. The van der Waals surface area contributed by atoms with Crippen molar-refractivity contribution in [2.45, 2.75) is 38.1 Å². The van der Waals surface area contributed by atoms with Crippen LogP contribution in [0.25, 0.3) is 0 Å². The first-order valence-electron chi connectivity index (χ1n) is 4.99. The van der Waals surface area contributed by atoms with Crippen LogP contribution < -0.4 is 56.7 Å². The molecule has 0 saturated carbocycles. The van der Waals surface area contributed by atoms with Crippen LogP contribution in [-0.2, 0) is 0 Å². The molecule has 1 unspecified atom stereocenters. The maximum Gasteiger partial charge on any atom is 1.00 e. The Bertz CT molecular complexity index is 104. The van der Waals surface area contributed by atoms with Gasteiger partial charge in [0.05, 0.1) is 13.3 Å². The van der Waals surface area contributed by atoms with Crippen LogP contribution >= 0.6 is 0 Å². The molecule has 1 nitrogen and oxygen atoms in total. The van der Waals surface area contributed by atoms with Crippen molar-refractivity contribution in [2.75, 3.05) is 19.9 Å². The van der Waals surface area contributed by atoms with Crippen LogP contribution in [-0.4, -0.2) is 25.9 Å². The molecule has 80 valence electrons. The van der Waals surface area contributed by atoms with Gasteiger partial charge < -0.3 is 12.2 Å². The van der Waals surface area contributed by atoms with Gasteiger partial charge in [-0.15, -0.1) is 0 Å². The fourth-order valence-electron chi connectivity index (χ4n) is 1.23. The van der Waals surface area contributed by atoms with E-state index < -0.39 is 0 Å². The fourth-order valence-corrected chi connectivity index (χ4v) is 1.23. The SMILES string of the molecule is [CH2-]CCCNC(CCF)CCCF.[K+]. The summed E-state index contributed by atoms with van der Waals surface area (Å²) >= 11 is 0. The second-order valence-electron chi connectivity index (χ2n) is 3.17. The minimum Gasteiger partial charge on any atom is -0.343 e. The Morgan fingerprint density at radius 1 is 1.07 bits per heavy atom. The van der Waals surface area contributed by atoms with E-state index in [1.165, 1.54) is 0 Å². The molecule has 0 spiro atoms. The van der Waals surface area contributed by atoms with E-state index in [2.05, 4.69) is 12.2 Å². The van der Waals surface area contributed by atoms with Gasteiger partial charge in [0.15, 0.2) is 0 Å². The maximum atomic E-state index is 12.0. The van der Waals surface area contributed by atoms with E-state index in [1.54, 1.807) is 0 Å². The topological polar surface area (TPSA) is 12.0 Å². The van der Waals surface area contributed by atoms with Gasteiger partial charge in [0.2, 0.25) is 0 Å². The van der Waals surface area contributed by atoms with Gasteiger partial charge in [-0.3, -0.25) is 8.78 Å². The summed E-state index contributed by atoms with van der Waals surface area (Å²) in [6.07, 6.45) is 3.65. The summed E-state index contributed by atoms with van der Waals surface area (Å²) in [5.74, 6) is 0. The van der Waals surface area contributed by atoms with Gasteiger partial charge in [-0.1, -0.05) is 6.42 Å². The quantitative estimate of drug-likeness (QED) is 0.326. The van der Waals surface area contributed by atoms with E-state index in [0.29, 0.717) is 12.8 Å². The van der Waals surface area contributed by atoms with Gasteiger partial charge in [0.25, 0.3) is 0 Å². The minimum atomic E-state index is -0.325. The molecular formula is C10H20F2KN. The zero-order valence-corrected chi connectivity index (χ0v) is 12.3. The van der Waals surface area contributed by atoms with E-state index in [0.717, 1.165) is 25.8 Å². The first-order chi connectivity index (χ1) is 6.35. The molecule has 0 saturated heterocycles. The number of halogens is 2. The van der Waals surface area contributed by atoms with Crippen LogP contribution in [0.5, 0.6) is 0 Å². The van der Waals surface area contributed by atoms with Gasteiger partial charge in [-0.05, 0) is 25.8 Å². The minimum absolute atomic E-state index is 0. The number of alkyl halides is 2. The van der Waals surface area contributed by atoms with Crippen LogP contribution in [0.4, 0.5) is 8.78 Å². The van der Waals surface area contributed by atoms with Crippen LogP contribution in [0.3, 0.4) is 0 Å². The van der Waals surface area contributed by atoms with Gasteiger partial charge in [-0.25, -0.2) is 0 Å². The van der Waals surface area contributed by atoms with E-state index in [9.17, 15) is 8.78 Å². The molecule has 0 aromatic heterocycles. The molecule has 0 bridgehead atoms. The van der Waals surface area contributed by atoms with Crippen molar-refractivity contribution in [3.63, 3.8) is 0 Å². The van der Waals surface area contributed by atoms with Crippen molar-refractivity contribution < 1.29 is 60.2 Å². The third-order valence-electron chi connectivity index (χ3n) is 2.00. The second kappa shape index (κ2) is 14.5. The Balaban J connectivity index is 0. The summed E-state index contributed by atoms with van der Waals surface area (Å²) in [6, 6.07) is 0.146. The zero-order valence-electron chi connectivity index (χ0n) is 9.20. The average Bonchev–Trinajstić information content (AvgIpc) is 2.14.